The van der Waals surface area contributed by atoms with Crippen molar-refractivity contribution in [2.75, 3.05) is 13.2 Å². The van der Waals surface area contributed by atoms with E-state index in [4.69, 9.17) is 23.4 Å². The second kappa shape index (κ2) is 14.3. The third kappa shape index (κ3) is 6.51. The summed E-state index contributed by atoms with van der Waals surface area (Å²) in [6.07, 6.45) is -1.95. The summed E-state index contributed by atoms with van der Waals surface area (Å²) in [4.78, 5) is 3.19. The normalized spacial score (nSPS) is 34.0. The molecule has 2 aromatic carbocycles. The summed E-state index contributed by atoms with van der Waals surface area (Å²) >= 11 is 0. The van der Waals surface area contributed by atoms with Crippen LogP contribution in [0.4, 0.5) is 0 Å². The molecule has 13 heteroatoms. The van der Waals surface area contributed by atoms with Gasteiger partial charge in [-0.2, -0.15) is 0 Å². The van der Waals surface area contributed by atoms with Gasteiger partial charge in [0.15, 0.2) is 0 Å². The van der Waals surface area contributed by atoms with Gasteiger partial charge >= 0.3 is 266 Å². The molecule has 2 bridgehead atoms. The molecule has 0 spiro atoms. The van der Waals surface area contributed by atoms with Crippen LogP contribution in [0.25, 0.3) is 10.4 Å². The molecule has 233 valence electrons. The van der Waals surface area contributed by atoms with Crippen LogP contribution in [0.2, 0.25) is 5.04 Å². The first kappa shape index (κ1) is 33.5. The molecule has 0 aliphatic carbocycles. The summed E-state index contributed by atoms with van der Waals surface area (Å²) in [7, 11) is -1.89. The van der Waals surface area contributed by atoms with E-state index in [2.05, 4.69) is 100 Å². The van der Waals surface area contributed by atoms with E-state index < -0.39 is 20.6 Å². The molecule has 44 heavy (non-hydrogen) atoms. The fourth-order valence-corrected chi connectivity index (χ4v) is 12.9. The van der Waals surface area contributed by atoms with Gasteiger partial charge in [0, 0.05) is 0 Å². The monoisotopic (exact) mass is 634 g/mol. The quantitative estimate of drug-likeness (QED) is 0.117. The number of hydrogen-bond acceptors (Lipinski definition) is 7. The molecule has 6 unspecified atom stereocenters. The van der Waals surface area contributed by atoms with Crippen LogP contribution in [-0.4, -0.2) is 78.1 Å². The number of rotatable bonds is 11. The van der Waals surface area contributed by atoms with Crippen molar-refractivity contribution >= 4 is 41.1 Å². The molecule has 0 saturated carbocycles. The van der Waals surface area contributed by atoms with Crippen LogP contribution in [-0.2, 0) is 28.1 Å². The van der Waals surface area contributed by atoms with E-state index in [0.29, 0.717) is 13.2 Å². The Bertz CT molecular complexity index is 1260. The maximum absolute atomic E-state index is 11.5. The predicted molar refractivity (Wildman–Crippen MR) is 176 cm³/mol. The molecule has 3 aliphatic heterocycles. The van der Waals surface area contributed by atoms with Gasteiger partial charge in [-0.3, -0.25) is 0 Å². The number of hydrogen-bond donors (Lipinski definition) is 0. The summed E-state index contributed by atoms with van der Waals surface area (Å²) in [5.41, 5.74) is 9.44. The van der Waals surface area contributed by atoms with Crippen molar-refractivity contribution in [3.8, 4) is 0 Å². The molecule has 0 amide bonds. The first-order valence-corrected chi connectivity index (χ1v) is 18.6. The second-order valence-corrected chi connectivity index (χ2v) is 18.9. The first-order valence-electron chi connectivity index (χ1n) is 15.5. The number of fused-ring (bicyclic) bond motifs is 2. The molecule has 3 saturated heterocycles. The third-order valence-corrected chi connectivity index (χ3v) is 16.3. The van der Waals surface area contributed by atoms with Crippen molar-refractivity contribution in [1.82, 2.24) is 0 Å². The Morgan fingerprint density at radius 3 is 2.20 bits per heavy atom. The SMILES string of the molecule is C[C@@H]1C(CO[Si](c2ccccc2)(c2ccccc2)C(C)(C)C)O[C@H](OC2C3COC(O3)[C@@H](C)[C@H]2C)C(N=[N+]=[N-])[C@H]1P[B]B=O. The Hall–Kier alpha value is -1.87. The van der Waals surface area contributed by atoms with Crippen LogP contribution in [0, 0.1) is 17.8 Å². The molecule has 3 aliphatic rings. The minimum absolute atomic E-state index is 0.0729. The summed E-state index contributed by atoms with van der Waals surface area (Å²) in [5, 5.41) is 6.37. The topological polar surface area (TPSA) is 112 Å². The molecule has 3 heterocycles. The second-order valence-electron chi connectivity index (χ2n) is 13.3. The molecular weight excluding hydrogens is 591 g/mol. The van der Waals surface area contributed by atoms with E-state index in [0.717, 1.165) is 7.04 Å². The van der Waals surface area contributed by atoms with Gasteiger partial charge in [-0.15, -0.1) is 0 Å². The van der Waals surface area contributed by atoms with Crippen molar-refractivity contribution < 1.29 is 28.1 Å². The predicted octanol–water partition coefficient (Wildman–Crippen LogP) is 4.65. The van der Waals surface area contributed by atoms with Gasteiger partial charge in [0.2, 0.25) is 0 Å². The van der Waals surface area contributed by atoms with E-state index in [-0.39, 0.29) is 61.5 Å². The van der Waals surface area contributed by atoms with Crippen molar-refractivity contribution in [1.29, 1.82) is 0 Å². The summed E-state index contributed by atoms with van der Waals surface area (Å²) < 4.78 is 44.3. The zero-order valence-electron chi connectivity index (χ0n) is 26.4. The van der Waals surface area contributed by atoms with Crippen molar-refractivity contribution in [3.05, 3.63) is 71.1 Å². The van der Waals surface area contributed by atoms with E-state index in [1.54, 1.807) is 6.89 Å². The van der Waals surface area contributed by atoms with Gasteiger partial charge in [0.1, 0.15) is 0 Å². The molecule has 2 aromatic rings. The van der Waals surface area contributed by atoms with Gasteiger partial charge < -0.3 is 0 Å². The third-order valence-electron chi connectivity index (χ3n) is 9.70. The maximum atomic E-state index is 11.5. The minimum atomic E-state index is -2.84. The van der Waals surface area contributed by atoms with E-state index in [1.807, 2.05) is 12.1 Å². The van der Waals surface area contributed by atoms with Crippen LogP contribution in [0.1, 0.15) is 41.5 Å². The van der Waals surface area contributed by atoms with Crippen LogP contribution in [0.3, 0.4) is 0 Å². The molecule has 11 atom stereocenters. The average Bonchev–Trinajstić information content (AvgIpc) is 3.47. The Morgan fingerprint density at radius 1 is 1.00 bits per heavy atom. The van der Waals surface area contributed by atoms with Crippen LogP contribution in [0.5, 0.6) is 0 Å². The molecule has 0 N–H and O–H groups in total. The zero-order valence-corrected chi connectivity index (χ0v) is 28.4. The van der Waals surface area contributed by atoms with E-state index >= 15 is 0 Å². The molecular formula is C31H43B2N3O6PSi. The average molecular weight is 634 g/mol. The standard InChI is InChI=1S/C31H43B2N3O6PSi/c1-19-20(2)29-38-17-25(41-29)27(19)42-30-26(35-36-34)28(43-33-32-37)21(3)24(40-30)18-39-44(31(4,5)6,22-13-9-7-10-14-22)23-15-11-8-12-16-23/h7-16,19-21,24-30,43H,17-18H2,1-6H3/t19-,20+,21-,24?,25?,26?,27?,28+,29?,30-/m1/s1. The molecule has 9 nitrogen and oxygen atoms in total. The zero-order chi connectivity index (χ0) is 31.5. The van der Waals surface area contributed by atoms with E-state index in [1.165, 1.54) is 10.4 Å². The summed E-state index contributed by atoms with van der Waals surface area (Å²) in [6, 6.07) is 20.4. The Balaban J connectivity index is 1.49. The van der Waals surface area contributed by atoms with Gasteiger partial charge in [-0.25, -0.2) is 0 Å². The van der Waals surface area contributed by atoms with Crippen LogP contribution >= 0.6 is 8.46 Å². The van der Waals surface area contributed by atoms with Crippen LogP contribution < -0.4 is 10.4 Å². The van der Waals surface area contributed by atoms with Gasteiger partial charge in [-0.05, 0) is 0 Å². The Morgan fingerprint density at radius 2 is 1.64 bits per heavy atom. The Kier molecular flexibility index (Phi) is 10.9. The number of ether oxygens (including phenoxy) is 4. The van der Waals surface area contributed by atoms with Crippen LogP contribution in [0.15, 0.2) is 65.8 Å². The Labute approximate surface area is 265 Å². The van der Waals surface area contributed by atoms with Gasteiger partial charge in [-0.1, -0.05) is 0 Å². The molecule has 3 fully saturated rings. The fraction of sp³-hybridized carbons (Fsp3) is 0.613. The number of azide groups is 1. The van der Waals surface area contributed by atoms with Gasteiger partial charge in [0.25, 0.3) is 0 Å². The summed E-state index contributed by atoms with van der Waals surface area (Å²) in [6.45, 7) is 15.5. The number of nitrogens with zero attached hydrogens (tertiary/aromatic N) is 3. The van der Waals surface area contributed by atoms with E-state index in [9.17, 15) is 10.2 Å². The van der Waals surface area contributed by atoms with Crippen molar-refractivity contribution in [3.63, 3.8) is 0 Å². The van der Waals surface area contributed by atoms with Gasteiger partial charge in [0.05, 0.1) is 0 Å². The van der Waals surface area contributed by atoms with Crippen molar-refractivity contribution in [2.24, 2.45) is 22.9 Å². The number of benzene rings is 2. The molecule has 5 rings (SSSR count). The molecule has 0 aromatic heterocycles. The molecule has 1 radical (unpaired) electrons. The van der Waals surface area contributed by atoms with Crippen molar-refractivity contribution in [2.45, 2.75) is 89.2 Å². The fourth-order valence-electron chi connectivity index (χ4n) is 7.09. The first-order chi connectivity index (χ1) is 21.1. The summed E-state index contributed by atoms with van der Waals surface area (Å²) in [5.74, 6) is 0.205.